The van der Waals surface area contributed by atoms with Gasteiger partial charge in [0.05, 0.1) is 28.4 Å². The van der Waals surface area contributed by atoms with E-state index in [9.17, 15) is 9.59 Å². The Labute approximate surface area is 229 Å². The summed E-state index contributed by atoms with van der Waals surface area (Å²) in [5.74, 6) is 0.717. The van der Waals surface area contributed by atoms with Crippen molar-refractivity contribution in [3.05, 3.63) is 58.2 Å². The predicted molar refractivity (Wildman–Crippen MR) is 146 cm³/mol. The molecule has 9 nitrogen and oxygen atoms in total. The van der Waals surface area contributed by atoms with E-state index in [1.807, 2.05) is 22.8 Å². The van der Waals surface area contributed by atoms with Crippen LogP contribution in [0.2, 0.25) is 4.34 Å². The van der Waals surface area contributed by atoms with Gasteiger partial charge in [-0.3, -0.25) is 4.79 Å². The Morgan fingerprint density at radius 1 is 1.21 bits per heavy atom. The van der Waals surface area contributed by atoms with Crippen LogP contribution in [-0.2, 0) is 11.3 Å². The zero-order valence-corrected chi connectivity index (χ0v) is 23.0. The number of rotatable bonds is 7. The number of ether oxygens (including phenoxy) is 2. The molecule has 38 heavy (non-hydrogen) atoms. The highest BCUT2D eigenvalue weighted by Crippen LogP contribution is 2.33. The lowest BCUT2D eigenvalue weighted by atomic mass is 10.0. The van der Waals surface area contributed by atoms with Crippen LogP contribution in [0.5, 0.6) is 5.75 Å². The molecule has 1 saturated heterocycles. The first-order valence-electron chi connectivity index (χ1n) is 12.5. The number of benzene rings is 1. The largest absolute Gasteiger partial charge is 0.513 e. The monoisotopic (exact) mass is 556 g/mol. The van der Waals surface area contributed by atoms with Gasteiger partial charge in [0.2, 0.25) is 0 Å². The molecule has 3 aromatic heterocycles. The molecule has 0 radical (unpaired) electrons. The third kappa shape index (κ3) is 5.57. The molecule has 200 valence electrons. The molecule has 1 N–H and O–H groups in total. The highest BCUT2D eigenvalue weighted by Gasteiger charge is 2.25. The number of hydrogen-bond acceptors (Lipinski definition) is 8. The number of hydrogen-bond donors (Lipinski definition) is 1. The molecule has 0 saturated carbocycles. The Hall–Kier alpha value is -3.34. The fourth-order valence-electron chi connectivity index (χ4n) is 4.77. The van der Waals surface area contributed by atoms with Gasteiger partial charge in [-0.1, -0.05) is 22.8 Å². The maximum Gasteiger partial charge on any atom is 0.513 e. The van der Waals surface area contributed by atoms with Crippen LogP contribution in [0.25, 0.3) is 21.5 Å². The van der Waals surface area contributed by atoms with Crippen molar-refractivity contribution in [2.24, 2.45) is 0 Å². The third-order valence-corrected chi connectivity index (χ3v) is 8.03. The normalized spacial score (nSPS) is 14.8. The smallest absolute Gasteiger partial charge is 0.437 e. The van der Waals surface area contributed by atoms with Crippen LogP contribution in [0.15, 0.2) is 47.0 Å². The van der Waals surface area contributed by atoms with Crippen molar-refractivity contribution in [2.75, 3.05) is 20.2 Å². The van der Waals surface area contributed by atoms with E-state index < -0.39 is 6.16 Å². The van der Waals surface area contributed by atoms with Gasteiger partial charge in [0, 0.05) is 36.6 Å². The van der Waals surface area contributed by atoms with E-state index in [1.165, 1.54) is 18.4 Å². The lowest BCUT2D eigenvalue weighted by Gasteiger charge is -2.34. The number of thiophene rings is 1. The number of nitrogens with zero attached hydrogens (tertiary/aromatic N) is 3. The van der Waals surface area contributed by atoms with Crippen molar-refractivity contribution < 1.29 is 23.6 Å². The maximum atomic E-state index is 13.6. The molecular formula is C27H29ClN4O5S. The molecule has 1 aliphatic rings. The Bertz CT molecular complexity index is 1450. The Balaban J connectivity index is 1.46. The number of aromatic nitrogens is 2. The van der Waals surface area contributed by atoms with Crippen LogP contribution >= 0.6 is 22.9 Å². The fourth-order valence-corrected chi connectivity index (χ4v) is 5.76. The van der Waals surface area contributed by atoms with E-state index in [2.05, 4.69) is 34.0 Å². The molecule has 4 heterocycles. The van der Waals surface area contributed by atoms with E-state index in [1.54, 1.807) is 24.3 Å². The van der Waals surface area contributed by atoms with Crippen LogP contribution in [0, 0.1) is 0 Å². The fraction of sp³-hybridized carbons (Fsp3) is 0.370. The maximum absolute atomic E-state index is 13.6. The Morgan fingerprint density at radius 3 is 2.68 bits per heavy atom. The van der Waals surface area contributed by atoms with E-state index in [0.717, 1.165) is 36.3 Å². The highest BCUT2D eigenvalue weighted by molar-refractivity contribution is 7.19. The van der Waals surface area contributed by atoms with Crippen LogP contribution in [0.3, 0.4) is 0 Å². The number of methoxy groups -OCH3 is 1. The molecule has 1 aromatic carbocycles. The van der Waals surface area contributed by atoms with Crippen molar-refractivity contribution in [1.82, 2.24) is 19.9 Å². The van der Waals surface area contributed by atoms with Gasteiger partial charge in [0.25, 0.3) is 5.91 Å². The van der Waals surface area contributed by atoms with E-state index in [0.29, 0.717) is 38.7 Å². The van der Waals surface area contributed by atoms with E-state index in [4.69, 9.17) is 20.9 Å². The SMILES string of the molecule is COC(=O)Oc1cccc2c1cc(C(=O)NC1CCN(C(C)C)CC1)n2Cc1cc(-c2ccc(Cl)s2)on1. The predicted octanol–water partition coefficient (Wildman–Crippen LogP) is 5.81. The summed E-state index contributed by atoms with van der Waals surface area (Å²) in [5, 5.41) is 8.06. The minimum Gasteiger partial charge on any atom is -0.437 e. The number of fused-ring (bicyclic) bond motifs is 1. The first-order valence-corrected chi connectivity index (χ1v) is 13.7. The van der Waals surface area contributed by atoms with Gasteiger partial charge in [-0.25, -0.2) is 4.79 Å². The van der Waals surface area contributed by atoms with Gasteiger partial charge in [0.15, 0.2) is 5.76 Å². The van der Waals surface area contributed by atoms with Crippen molar-refractivity contribution in [2.45, 2.75) is 45.3 Å². The zero-order valence-electron chi connectivity index (χ0n) is 21.4. The van der Waals surface area contributed by atoms with Crippen LogP contribution < -0.4 is 10.1 Å². The van der Waals surface area contributed by atoms with Gasteiger partial charge >= 0.3 is 6.16 Å². The van der Waals surface area contributed by atoms with Crippen molar-refractivity contribution in [3.63, 3.8) is 0 Å². The lowest BCUT2D eigenvalue weighted by molar-refractivity contribution is 0.0892. The van der Waals surface area contributed by atoms with Gasteiger partial charge in [-0.05, 0) is 57.0 Å². The van der Waals surface area contributed by atoms with Crippen LogP contribution in [0.4, 0.5) is 4.79 Å². The number of amides is 1. The molecule has 0 unspecified atom stereocenters. The third-order valence-electron chi connectivity index (χ3n) is 6.79. The molecule has 0 aliphatic carbocycles. The molecule has 1 aliphatic heterocycles. The summed E-state index contributed by atoms with van der Waals surface area (Å²) in [6.45, 7) is 6.54. The molecule has 1 fully saturated rings. The van der Waals surface area contributed by atoms with Gasteiger partial charge in [-0.15, -0.1) is 11.3 Å². The van der Waals surface area contributed by atoms with Crippen LogP contribution in [-0.4, -0.2) is 59.0 Å². The number of carbonyl (C=O) groups excluding carboxylic acids is 2. The standard InChI is InChI=1S/C27H29ClN4O5S/c1-16(2)31-11-9-17(10-12-31)29-26(33)21-14-19-20(5-4-6-22(19)36-27(34)35-3)32(21)15-18-13-23(37-30-18)24-7-8-25(28)38-24/h4-8,13-14,16-17H,9-12,15H2,1-3H3,(H,29,33). The summed E-state index contributed by atoms with van der Waals surface area (Å²) in [6, 6.07) is 13.1. The Morgan fingerprint density at radius 2 is 2.00 bits per heavy atom. The molecule has 4 aromatic rings. The second kappa shape index (κ2) is 11.2. The summed E-state index contributed by atoms with van der Waals surface area (Å²) in [6.07, 6.45) is 0.942. The van der Waals surface area contributed by atoms with Crippen molar-refractivity contribution >= 4 is 45.9 Å². The highest BCUT2D eigenvalue weighted by atomic mass is 35.5. The van der Waals surface area contributed by atoms with E-state index in [-0.39, 0.29) is 18.5 Å². The van der Waals surface area contributed by atoms with Gasteiger partial charge in [0.1, 0.15) is 17.1 Å². The number of likely N-dealkylation sites (tertiary alicyclic amines) is 1. The molecule has 5 rings (SSSR count). The average Bonchev–Trinajstić information content (AvgIpc) is 3.64. The summed E-state index contributed by atoms with van der Waals surface area (Å²) >= 11 is 7.48. The molecule has 11 heteroatoms. The second-order valence-electron chi connectivity index (χ2n) is 9.52. The van der Waals surface area contributed by atoms with E-state index >= 15 is 0 Å². The number of carbonyl (C=O) groups is 2. The molecule has 0 spiro atoms. The molecule has 0 atom stereocenters. The number of halogens is 1. The van der Waals surface area contributed by atoms with Gasteiger partial charge in [-0.2, -0.15) is 0 Å². The first kappa shape index (κ1) is 26.3. The topological polar surface area (TPSA) is 98.8 Å². The quantitative estimate of drug-likeness (QED) is 0.226. The van der Waals surface area contributed by atoms with Gasteiger partial charge < -0.3 is 28.8 Å². The molecular weight excluding hydrogens is 528 g/mol. The molecule has 1 amide bonds. The second-order valence-corrected chi connectivity index (χ2v) is 11.2. The lowest BCUT2D eigenvalue weighted by Crippen LogP contribution is -2.46. The summed E-state index contributed by atoms with van der Waals surface area (Å²) < 4.78 is 18.1. The summed E-state index contributed by atoms with van der Waals surface area (Å²) in [7, 11) is 1.25. The average molecular weight is 557 g/mol. The minimum atomic E-state index is -0.830. The van der Waals surface area contributed by atoms with Crippen LogP contribution in [0.1, 0.15) is 42.9 Å². The molecule has 0 bridgehead atoms. The number of nitrogens with one attached hydrogen (secondary N) is 1. The van der Waals surface area contributed by atoms with Crippen molar-refractivity contribution in [3.8, 4) is 16.4 Å². The zero-order chi connectivity index (χ0) is 26.8. The minimum absolute atomic E-state index is 0.0805. The Kier molecular flexibility index (Phi) is 7.73. The summed E-state index contributed by atoms with van der Waals surface area (Å²) in [5.41, 5.74) is 1.80. The summed E-state index contributed by atoms with van der Waals surface area (Å²) in [4.78, 5) is 28.7. The number of piperidine rings is 1. The van der Waals surface area contributed by atoms with Crippen molar-refractivity contribution in [1.29, 1.82) is 0 Å². The first-order chi connectivity index (χ1) is 18.3.